The summed E-state index contributed by atoms with van der Waals surface area (Å²) < 4.78 is 35.4. The molecule has 0 amide bonds. The summed E-state index contributed by atoms with van der Waals surface area (Å²) in [7, 11) is -2.01. The van der Waals surface area contributed by atoms with E-state index in [2.05, 4.69) is 55.5 Å². The molecule has 0 spiro atoms. The van der Waals surface area contributed by atoms with Crippen LogP contribution in [0.2, 0.25) is 0 Å². The molecule has 0 bridgehead atoms. The lowest BCUT2D eigenvalue weighted by molar-refractivity contribution is 0.295. The third-order valence-corrected chi connectivity index (χ3v) is 13.7. The molecule has 0 saturated heterocycles. The van der Waals surface area contributed by atoms with E-state index in [9.17, 15) is 8.42 Å². The molecule has 2 saturated carbocycles. The smallest absolute Gasteiger partial charge is 0.322 e. The molecular weight excluding hydrogens is 713 g/mol. The Kier molecular flexibility index (Phi) is 13.1. The molecule has 54 heavy (non-hydrogen) atoms. The Labute approximate surface area is 325 Å². The number of hydrogen-bond acceptors (Lipinski definition) is 10. The van der Waals surface area contributed by atoms with Gasteiger partial charge >= 0.3 is 6.01 Å². The third-order valence-electron chi connectivity index (χ3n) is 11.0. The zero-order valence-electron chi connectivity index (χ0n) is 31.6. The average molecular weight is 767 g/mol. The van der Waals surface area contributed by atoms with Crippen molar-refractivity contribution < 1.29 is 13.2 Å². The van der Waals surface area contributed by atoms with Gasteiger partial charge in [-0.15, -0.1) is 11.3 Å². The molecule has 286 valence electrons. The number of nitrogens with one attached hydrogen (secondary N) is 1. The number of sulfone groups is 1. The monoisotopic (exact) mass is 766 g/mol. The fraction of sp³-hybridized carbons (Fsp3) is 0.488. The molecule has 2 fully saturated rings. The van der Waals surface area contributed by atoms with Crippen LogP contribution < -0.4 is 15.0 Å². The number of thiazole rings is 1. The zero-order chi connectivity index (χ0) is 37.2. The minimum absolute atomic E-state index is 0.0117. The summed E-state index contributed by atoms with van der Waals surface area (Å²) >= 11 is 1.69. The van der Waals surface area contributed by atoms with Crippen LogP contribution in [0, 0.1) is 0 Å². The van der Waals surface area contributed by atoms with Crippen LogP contribution in [0.15, 0.2) is 82.8 Å². The van der Waals surface area contributed by atoms with Crippen molar-refractivity contribution in [1.29, 1.82) is 0 Å². The number of benzene rings is 3. The van der Waals surface area contributed by atoms with Crippen molar-refractivity contribution in [3.63, 3.8) is 0 Å². The number of rotatable bonds is 11. The number of nitrogens with zero attached hydrogens (tertiary/aromatic N) is 5. The molecule has 0 unspecified atom stereocenters. The van der Waals surface area contributed by atoms with Crippen LogP contribution in [0.4, 0.5) is 11.6 Å². The van der Waals surface area contributed by atoms with Crippen molar-refractivity contribution in [3.8, 4) is 16.6 Å². The van der Waals surface area contributed by atoms with E-state index in [1.807, 2.05) is 37.4 Å². The first-order valence-corrected chi connectivity index (χ1v) is 22.4. The first-order chi connectivity index (χ1) is 26.4. The Balaban J connectivity index is 1.06. The van der Waals surface area contributed by atoms with E-state index in [1.54, 1.807) is 23.5 Å². The normalized spacial score (nSPS) is 17.1. The molecule has 2 aromatic heterocycles. The van der Waals surface area contributed by atoms with Crippen molar-refractivity contribution in [2.24, 2.45) is 0 Å². The molecule has 0 radical (unpaired) electrons. The highest BCUT2D eigenvalue weighted by Crippen LogP contribution is 2.34. The van der Waals surface area contributed by atoms with Gasteiger partial charge in [-0.1, -0.05) is 101 Å². The standard InChI is InChI=1S/C43H54N6O3S2/c1-49(36-26-22-34(23-27-36)40-45-38-20-14-15-21-39(38)53-40)30-31-52-42-46-41(44-35-18-12-7-5-3-2-4-6-8-13-19-35)47-43(48-42)54(50,51)37-28-24-33(25-29-37)32-16-10-9-11-17-32/h14-15,20-29,32,35H,2-13,16-19,30-31H2,1H3,(H,44,46,47,48). The maximum Gasteiger partial charge on any atom is 0.322 e. The molecule has 1 N–H and O–H groups in total. The number of para-hydroxylation sites is 1. The van der Waals surface area contributed by atoms with Gasteiger partial charge in [-0.25, -0.2) is 13.4 Å². The summed E-state index contributed by atoms with van der Waals surface area (Å²) in [6.45, 7) is 0.806. The van der Waals surface area contributed by atoms with Crippen LogP contribution in [0.25, 0.3) is 20.8 Å². The van der Waals surface area contributed by atoms with Gasteiger partial charge in [-0.3, -0.25) is 0 Å². The largest absolute Gasteiger partial charge is 0.461 e. The summed E-state index contributed by atoms with van der Waals surface area (Å²) in [5, 5.41) is 4.23. The van der Waals surface area contributed by atoms with E-state index in [0.29, 0.717) is 12.5 Å². The Morgan fingerprint density at radius 3 is 2.04 bits per heavy atom. The SMILES string of the molecule is CN(CCOc1nc(NC2CCCCCCCCCCC2)nc(S(=O)(=O)c2ccc(C3CCCCC3)cc2)n1)c1ccc(-c2nc3ccccc3s2)cc1. The average Bonchev–Trinajstić information content (AvgIpc) is 3.64. The van der Waals surface area contributed by atoms with Gasteiger partial charge in [0, 0.05) is 24.3 Å². The van der Waals surface area contributed by atoms with Gasteiger partial charge in [0.25, 0.3) is 5.16 Å². The summed E-state index contributed by atoms with van der Waals surface area (Å²) in [4.78, 5) is 20.6. The van der Waals surface area contributed by atoms with Crippen LogP contribution in [0.5, 0.6) is 6.01 Å². The summed E-state index contributed by atoms with van der Waals surface area (Å²) in [6, 6.07) is 24.1. The maximum absolute atomic E-state index is 14.1. The van der Waals surface area contributed by atoms with Gasteiger partial charge in [0.15, 0.2) is 0 Å². The molecule has 7 rings (SSSR count). The summed E-state index contributed by atoms with van der Waals surface area (Å²) in [6.07, 6.45) is 19.2. The van der Waals surface area contributed by atoms with E-state index in [4.69, 9.17) is 9.72 Å². The molecule has 11 heteroatoms. The quantitative estimate of drug-likeness (QED) is 0.140. The Bertz CT molecular complexity index is 2000. The third kappa shape index (κ3) is 9.96. The van der Waals surface area contributed by atoms with Crippen molar-refractivity contribution >= 4 is 43.0 Å². The lowest BCUT2D eigenvalue weighted by Gasteiger charge is -2.22. The molecule has 5 aromatic rings. The highest BCUT2D eigenvalue weighted by atomic mass is 32.2. The van der Waals surface area contributed by atoms with Gasteiger partial charge in [-0.05, 0) is 85.7 Å². The van der Waals surface area contributed by atoms with Crippen LogP contribution in [0.1, 0.15) is 114 Å². The predicted molar refractivity (Wildman–Crippen MR) is 220 cm³/mol. The van der Waals surface area contributed by atoms with Crippen molar-refractivity contribution in [2.75, 3.05) is 30.4 Å². The number of anilines is 2. The number of hydrogen-bond donors (Lipinski definition) is 1. The van der Waals surface area contributed by atoms with Crippen LogP contribution in [-0.2, 0) is 9.84 Å². The summed E-state index contributed by atoms with van der Waals surface area (Å²) in [5.74, 6) is 0.748. The lowest BCUT2D eigenvalue weighted by Crippen LogP contribution is -2.25. The van der Waals surface area contributed by atoms with Gasteiger partial charge in [0.2, 0.25) is 15.8 Å². The molecular formula is C43H54N6O3S2. The zero-order valence-corrected chi connectivity index (χ0v) is 33.2. The van der Waals surface area contributed by atoms with Crippen LogP contribution in [-0.4, -0.2) is 54.6 Å². The van der Waals surface area contributed by atoms with Crippen molar-refractivity contribution in [1.82, 2.24) is 19.9 Å². The Morgan fingerprint density at radius 1 is 0.722 bits per heavy atom. The van der Waals surface area contributed by atoms with Crippen LogP contribution in [0.3, 0.4) is 0 Å². The van der Waals surface area contributed by atoms with E-state index in [-0.39, 0.29) is 34.7 Å². The second-order valence-corrected chi connectivity index (χ2v) is 17.9. The first-order valence-electron chi connectivity index (χ1n) is 20.1. The maximum atomic E-state index is 14.1. The van der Waals surface area contributed by atoms with Gasteiger partial charge in [-0.2, -0.15) is 15.0 Å². The van der Waals surface area contributed by atoms with Crippen molar-refractivity contribution in [3.05, 3.63) is 78.4 Å². The molecule has 3 aromatic carbocycles. The Hall–Kier alpha value is -4.09. The second-order valence-electron chi connectivity index (χ2n) is 15.0. The minimum Gasteiger partial charge on any atom is -0.461 e. The van der Waals surface area contributed by atoms with Gasteiger partial charge in [0.05, 0.1) is 21.7 Å². The molecule has 0 atom stereocenters. The topological polar surface area (TPSA) is 110 Å². The number of aromatic nitrogens is 4. The fourth-order valence-electron chi connectivity index (χ4n) is 7.80. The molecule has 0 aliphatic heterocycles. The van der Waals surface area contributed by atoms with E-state index >= 15 is 0 Å². The number of ether oxygens (including phenoxy) is 1. The molecule has 2 aliphatic rings. The first kappa shape index (κ1) is 38.2. The number of fused-ring (bicyclic) bond motifs is 1. The Morgan fingerprint density at radius 2 is 1.35 bits per heavy atom. The summed E-state index contributed by atoms with van der Waals surface area (Å²) in [5.41, 5.74) is 4.32. The predicted octanol–water partition coefficient (Wildman–Crippen LogP) is 10.6. The second kappa shape index (κ2) is 18.5. The van der Waals surface area contributed by atoms with E-state index < -0.39 is 9.84 Å². The van der Waals surface area contributed by atoms with E-state index in [1.165, 1.54) is 74.5 Å². The van der Waals surface area contributed by atoms with Gasteiger partial charge < -0.3 is 15.0 Å². The molecule has 9 nitrogen and oxygen atoms in total. The van der Waals surface area contributed by atoms with Gasteiger partial charge in [0.1, 0.15) is 11.6 Å². The van der Waals surface area contributed by atoms with Crippen molar-refractivity contribution in [2.45, 2.75) is 125 Å². The van der Waals surface area contributed by atoms with E-state index in [0.717, 1.165) is 60.3 Å². The minimum atomic E-state index is -4.02. The molecule has 2 aliphatic carbocycles. The number of likely N-dealkylation sites (N-methyl/N-ethyl adjacent to an activating group) is 1. The molecule has 2 heterocycles. The fourth-order valence-corrected chi connectivity index (χ4v) is 9.88. The highest BCUT2D eigenvalue weighted by Gasteiger charge is 2.26. The lowest BCUT2D eigenvalue weighted by atomic mass is 9.84. The van der Waals surface area contributed by atoms with Crippen LogP contribution >= 0.6 is 11.3 Å². The highest BCUT2D eigenvalue weighted by molar-refractivity contribution is 7.91.